The zero-order chi connectivity index (χ0) is 24.9. The van der Waals surface area contributed by atoms with Gasteiger partial charge in [-0.05, 0) is 74.6 Å². The highest BCUT2D eigenvalue weighted by Crippen LogP contribution is 2.36. The van der Waals surface area contributed by atoms with Crippen molar-refractivity contribution in [3.8, 4) is 5.75 Å². The highest BCUT2D eigenvalue weighted by molar-refractivity contribution is 5.89. The smallest absolute Gasteiger partial charge is 0.272 e. The van der Waals surface area contributed by atoms with E-state index in [-0.39, 0.29) is 23.8 Å². The lowest BCUT2D eigenvalue weighted by molar-refractivity contribution is -0.151. The summed E-state index contributed by atoms with van der Waals surface area (Å²) in [6, 6.07) is 14.1. The molecule has 2 bridgehead atoms. The molecule has 8 nitrogen and oxygen atoms in total. The van der Waals surface area contributed by atoms with Crippen LogP contribution in [0.5, 0.6) is 5.75 Å². The van der Waals surface area contributed by atoms with E-state index in [9.17, 15) is 19.1 Å². The van der Waals surface area contributed by atoms with Crippen molar-refractivity contribution in [2.45, 2.75) is 50.8 Å². The lowest BCUT2D eigenvalue weighted by Gasteiger charge is -2.37. The molecule has 0 aromatic heterocycles. The van der Waals surface area contributed by atoms with Gasteiger partial charge in [0.1, 0.15) is 17.7 Å². The molecule has 2 fully saturated rings. The minimum Gasteiger partial charge on any atom is -0.494 e. The van der Waals surface area contributed by atoms with Crippen LogP contribution in [-0.4, -0.2) is 64.9 Å². The fourth-order valence-corrected chi connectivity index (χ4v) is 5.21. The van der Waals surface area contributed by atoms with Crippen LogP contribution in [-0.2, 0) is 16.0 Å². The Morgan fingerprint density at radius 3 is 2.43 bits per heavy atom. The van der Waals surface area contributed by atoms with Crippen molar-refractivity contribution in [1.29, 1.82) is 0 Å². The third-order valence-electron chi connectivity index (χ3n) is 6.97. The molecule has 188 valence electrons. The molecule has 2 heterocycles. The lowest BCUT2D eigenvalue weighted by Crippen LogP contribution is -2.53. The Balaban J connectivity index is 1.39. The van der Waals surface area contributed by atoms with Crippen molar-refractivity contribution in [1.82, 2.24) is 10.4 Å². The number of amides is 2. The van der Waals surface area contributed by atoms with Gasteiger partial charge in [0.25, 0.3) is 5.91 Å². The van der Waals surface area contributed by atoms with Gasteiger partial charge < -0.3 is 19.6 Å². The predicted octanol–water partition coefficient (Wildman–Crippen LogP) is 2.52. The number of ether oxygens (including phenoxy) is 1. The quantitative estimate of drug-likeness (QED) is 0.353. The zero-order valence-corrected chi connectivity index (χ0v) is 19.8. The number of halogens is 1. The van der Waals surface area contributed by atoms with E-state index >= 15 is 0 Å². The fraction of sp³-hybridized carbons (Fsp3) is 0.462. The Morgan fingerprint density at radius 2 is 1.83 bits per heavy atom. The summed E-state index contributed by atoms with van der Waals surface area (Å²) in [4.78, 5) is 29.4. The molecule has 0 saturated carbocycles. The van der Waals surface area contributed by atoms with E-state index in [1.807, 2.05) is 31.2 Å². The molecular weight excluding hydrogens is 453 g/mol. The summed E-state index contributed by atoms with van der Waals surface area (Å²) in [5, 5.41) is 19.6. The maximum Gasteiger partial charge on any atom is 0.272 e. The summed E-state index contributed by atoms with van der Waals surface area (Å²) >= 11 is 0. The highest BCUT2D eigenvalue weighted by atomic mass is 19.1. The minimum atomic E-state index is -1.64. The van der Waals surface area contributed by atoms with Crippen LogP contribution in [0.15, 0.2) is 48.5 Å². The topological polar surface area (TPSA) is 102 Å². The molecule has 2 saturated heterocycles. The van der Waals surface area contributed by atoms with E-state index in [4.69, 9.17) is 9.94 Å². The van der Waals surface area contributed by atoms with Gasteiger partial charge in [-0.2, -0.15) is 0 Å². The number of carbonyl (C=O) groups is 2. The normalized spacial score (nSPS) is 20.6. The molecule has 0 aliphatic carbocycles. The number of hydrogen-bond donors (Lipinski definition) is 3. The van der Waals surface area contributed by atoms with Gasteiger partial charge in [-0.3, -0.25) is 14.8 Å². The van der Waals surface area contributed by atoms with E-state index in [0.29, 0.717) is 39.0 Å². The molecule has 0 spiro atoms. The number of fused-ring (bicyclic) bond motifs is 2. The Morgan fingerprint density at radius 1 is 1.11 bits per heavy atom. The SMILES string of the molecule is CCOc1ccc(CCC[C@@H](C(=O)N2C[C@H]3C[C@@H]2CN3c2ccc(F)cc2)[C@H](O)C(=O)NO)cc1. The monoisotopic (exact) mass is 485 g/mol. The first-order valence-electron chi connectivity index (χ1n) is 12.1. The molecule has 4 atom stereocenters. The maximum absolute atomic E-state index is 13.5. The molecule has 0 radical (unpaired) electrons. The first kappa shape index (κ1) is 24.9. The van der Waals surface area contributed by atoms with Gasteiger partial charge in [0, 0.05) is 24.8 Å². The van der Waals surface area contributed by atoms with Gasteiger partial charge in [0.15, 0.2) is 0 Å². The number of hydrogen-bond acceptors (Lipinski definition) is 6. The maximum atomic E-state index is 13.5. The number of aliphatic hydroxyl groups is 1. The lowest BCUT2D eigenvalue weighted by atomic mass is 9.92. The largest absolute Gasteiger partial charge is 0.494 e. The van der Waals surface area contributed by atoms with Gasteiger partial charge in [-0.15, -0.1) is 0 Å². The van der Waals surface area contributed by atoms with Crippen molar-refractivity contribution in [2.75, 3.05) is 24.6 Å². The molecule has 2 aromatic rings. The second kappa shape index (κ2) is 11.0. The van der Waals surface area contributed by atoms with Gasteiger partial charge >= 0.3 is 0 Å². The van der Waals surface area contributed by atoms with Crippen LogP contribution in [0.1, 0.15) is 31.7 Å². The Kier molecular flexibility index (Phi) is 7.87. The van der Waals surface area contributed by atoms with E-state index in [0.717, 1.165) is 23.4 Å². The van der Waals surface area contributed by atoms with Gasteiger partial charge in [0.05, 0.1) is 18.6 Å². The van der Waals surface area contributed by atoms with Gasteiger partial charge in [-0.1, -0.05) is 12.1 Å². The average molecular weight is 486 g/mol. The Labute approximate surface area is 204 Å². The Hall–Kier alpha value is -3.17. The van der Waals surface area contributed by atoms with E-state index in [2.05, 4.69) is 4.90 Å². The number of anilines is 1. The van der Waals surface area contributed by atoms with Crippen LogP contribution in [0.3, 0.4) is 0 Å². The average Bonchev–Trinajstić information content (AvgIpc) is 3.48. The van der Waals surface area contributed by atoms with Crippen LogP contribution < -0.4 is 15.1 Å². The number of benzene rings is 2. The van der Waals surface area contributed by atoms with Gasteiger partial charge in [-0.25, -0.2) is 9.87 Å². The first-order valence-corrected chi connectivity index (χ1v) is 12.1. The summed E-state index contributed by atoms with van der Waals surface area (Å²) in [6.45, 7) is 3.60. The number of nitrogens with zero attached hydrogens (tertiary/aromatic N) is 2. The molecule has 9 heteroatoms. The van der Waals surface area contributed by atoms with Crippen LogP contribution in [0.25, 0.3) is 0 Å². The Bertz CT molecular complexity index is 1020. The van der Waals surface area contributed by atoms with Crippen molar-refractivity contribution in [2.24, 2.45) is 5.92 Å². The molecule has 2 aliphatic heterocycles. The number of nitrogens with one attached hydrogen (secondary N) is 1. The molecule has 0 unspecified atom stereocenters. The third kappa shape index (κ3) is 5.57. The minimum absolute atomic E-state index is 0.0458. The summed E-state index contributed by atoms with van der Waals surface area (Å²) in [7, 11) is 0. The second-order valence-corrected chi connectivity index (χ2v) is 9.16. The van der Waals surface area contributed by atoms with Crippen LogP contribution in [0.4, 0.5) is 10.1 Å². The number of hydroxylamine groups is 1. The summed E-state index contributed by atoms with van der Waals surface area (Å²) < 4.78 is 18.8. The van der Waals surface area contributed by atoms with Crippen molar-refractivity contribution >= 4 is 17.5 Å². The van der Waals surface area contributed by atoms with Crippen molar-refractivity contribution in [3.05, 3.63) is 59.9 Å². The van der Waals surface area contributed by atoms with Gasteiger partial charge in [0.2, 0.25) is 5.91 Å². The summed E-state index contributed by atoms with van der Waals surface area (Å²) in [5.74, 6) is -1.72. The molecule has 4 rings (SSSR count). The van der Waals surface area contributed by atoms with E-state index < -0.39 is 17.9 Å². The number of aliphatic hydroxyl groups excluding tert-OH is 1. The molecule has 2 amide bonds. The summed E-state index contributed by atoms with van der Waals surface area (Å²) in [6.07, 6.45) is 0.707. The zero-order valence-electron chi connectivity index (χ0n) is 19.8. The number of likely N-dealkylation sites (tertiary alicyclic amines) is 1. The number of carbonyl (C=O) groups excluding carboxylic acids is 2. The van der Waals surface area contributed by atoms with Crippen LogP contribution >= 0.6 is 0 Å². The first-order chi connectivity index (χ1) is 16.9. The molecular formula is C26H32FN3O5. The number of aryl methyl sites for hydroxylation is 1. The van der Waals surface area contributed by atoms with E-state index in [1.54, 1.807) is 17.0 Å². The molecule has 2 aromatic carbocycles. The standard InChI is InChI=1S/C26H32FN3O5/c1-2-35-22-12-6-17(7-13-22)4-3-5-23(24(31)25(32)28-34)26(33)30-16-20-14-21(30)15-29(20)19-10-8-18(27)9-11-19/h6-13,20-21,23-24,31,34H,2-5,14-16H2,1H3,(H,28,32)/t20-,21-,23-,24+/m1/s1. The van der Waals surface area contributed by atoms with Crippen molar-refractivity contribution < 1.29 is 29.0 Å². The summed E-state index contributed by atoms with van der Waals surface area (Å²) in [5.41, 5.74) is 3.45. The third-order valence-corrected chi connectivity index (χ3v) is 6.97. The van der Waals surface area contributed by atoms with Crippen LogP contribution in [0.2, 0.25) is 0 Å². The molecule has 2 aliphatic rings. The van der Waals surface area contributed by atoms with E-state index in [1.165, 1.54) is 17.6 Å². The highest BCUT2D eigenvalue weighted by Gasteiger charge is 2.48. The number of rotatable bonds is 10. The predicted molar refractivity (Wildman–Crippen MR) is 128 cm³/mol. The van der Waals surface area contributed by atoms with Crippen LogP contribution in [0, 0.1) is 11.7 Å². The second-order valence-electron chi connectivity index (χ2n) is 9.16. The molecule has 35 heavy (non-hydrogen) atoms. The fourth-order valence-electron chi connectivity index (χ4n) is 5.21. The van der Waals surface area contributed by atoms with Crippen molar-refractivity contribution in [3.63, 3.8) is 0 Å². The number of piperazine rings is 1. The molecule has 3 N–H and O–H groups in total.